The van der Waals surface area contributed by atoms with Gasteiger partial charge in [-0.05, 0) is 0 Å². The largest absolute Gasteiger partial charge is 0.464 e. The van der Waals surface area contributed by atoms with Crippen molar-refractivity contribution in [3.63, 3.8) is 0 Å². The van der Waals surface area contributed by atoms with Crippen LogP contribution < -0.4 is 10.5 Å². The molecule has 0 spiro atoms. The first-order valence-corrected chi connectivity index (χ1v) is 6.92. The number of nitrogens with one attached hydrogen (secondary N) is 1. The van der Waals surface area contributed by atoms with Crippen LogP contribution in [-0.4, -0.2) is 43.3 Å². The molecule has 0 aliphatic carbocycles. The third-order valence-electron chi connectivity index (χ3n) is 2.22. The Morgan fingerprint density at radius 1 is 1.61 bits per heavy atom. The predicted molar refractivity (Wildman–Crippen MR) is 65.4 cm³/mol. The minimum Gasteiger partial charge on any atom is -0.464 e. The van der Waals surface area contributed by atoms with Crippen molar-refractivity contribution in [1.29, 1.82) is 0 Å². The second-order valence-electron chi connectivity index (χ2n) is 3.48. The molecular formula is C9H16N4O4S. The Balaban J connectivity index is 2.76. The van der Waals surface area contributed by atoms with Gasteiger partial charge in [0.15, 0.2) is 5.69 Å². The van der Waals surface area contributed by atoms with Gasteiger partial charge in [-0.1, -0.05) is 6.92 Å². The number of esters is 1. The van der Waals surface area contributed by atoms with Crippen molar-refractivity contribution in [3.05, 3.63) is 12.0 Å². The van der Waals surface area contributed by atoms with Gasteiger partial charge in [-0.15, -0.1) is 0 Å². The molecule has 1 aromatic rings. The Bertz CT molecular complexity index is 523. The lowest BCUT2D eigenvalue weighted by molar-refractivity contribution is 0.0596. The van der Waals surface area contributed by atoms with Crippen LogP contribution in [0.15, 0.2) is 6.33 Å². The van der Waals surface area contributed by atoms with Gasteiger partial charge in [-0.2, -0.15) is 0 Å². The van der Waals surface area contributed by atoms with Gasteiger partial charge in [0.05, 0.1) is 19.2 Å². The van der Waals surface area contributed by atoms with Gasteiger partial charge in [0.2, 0.25) is 10.0 Å². The third-order valence-corrected chi connectivity index (χ3v) is 3.67. The molecule has 0 unspecified atom stereocenters. The van der Waals surface area contributed by atoms with E-state index in [1.165, 1.54) is 18.0 Å². The van der Waals surface area contributed by atoms with Crippen LogP contribution in [0.2, 0.25) is 0 Å². The summed E-state index contributed by atoms with van der Waals surface area (Å²) in [5.41, 5.74) is 5.65. The number of nitrogens with two attached hydrogens (primary N) is 1. The van der Waals surface area contributed by atoms with Crippen LogP contribution in [0.1, 0.15) is 17.4 Å². The molecule has 0 aromatic carbocycles. The molecule has 0 bridgehead atoms. The third kappa shape index (κ3) is 3.44. The van der Waals surface area contributed by atoms with Gasteiger partial charge in [0.25, 0.3) is 0 Å². The first kappa shape index (κ1) is 14.5. The van der Waals surface area contributed by atoms with E-state index in [0.29, 0.717) is 6.54 Å². The molecule has 0 atom stereocenters. The quantitative estimate of drug-likeness (QED) is 0.656. The summed E-state index contributed by atoms with van der Waals surface area (Å²) in [7, 11) is -2.11. The van der Waals surface area contributed by atoms with E-state index in [1.54, 1.807) is 6.92 Å². The van der Waals surface area contributed by atoms with Crippen LogP contribution in [0, 0.1) is 0 Å². The number of ether oxygens (including phenoxy) is 1. The second-order valence-corrected chi connectivity index (χ2v) is 5.41. The zero-order valence-electron chi connectivity index (χ0n) is 10.2. The maximum Gasteiger partial charge on any atom is 0.360 e. The summed E-state index contributed by atoms with van der Waals surface area (Å²) in [5.74, 6) is -0.698. The summed E-state index contributed by atoms with van der Waals surface area (Å²) in [6.07, 6.45) is 1.31. The number of hydrogen-bond acceptors (Lipinski definition) is 6. The number of carbonyl (C=O) groups excluding carboxylic acids is 1. The van der Waals surface area contributed by atoms with Crippen molar-refractivity contribution < 1.29 is 17.9 Å². The molecule has 0 saturated carbocycles. The lowest BCUT2D eigenvalue weighted by Gasteiger charge is -2.06. The molecule has 102 valence electrons. The van der Waals surface area contributed by atoms with Gasteiger partial charge >= 0.3 is 5.97 Å². The number of aryl methyl sites for hydroxylation is 1. The van der Waals surface area contributed by atoms with Crippen molar-refractivity contribution in [2.24, 2.45) is 0 Å². The van der Waals surface area contributed by atoms with E-state index in [2.05, 4.69) is 14.4 Å². The normalized spacial score (nSPS) is 11.4. The van der Waals surface area contributed by atoms with Crippen LogP contribution in [0.3, 0.4) is 0 Å². The number of sulfonamides is 1. The van der Waals surface area contributed by atoms with Crippen molar-refractivity contribution in [3.8, 4) is 0 Å². The highest BCUT2D eigenvalue weighted by Gasteiger charge is 2.17. The number of hydrogen-bond donors (Lipinski definition) is 2. The fraction of sp³-hybridized carbons (Fsp3) is 0.556. The van der Waals surface area contributed by atoms with Crippen LogP contribution in [0.4, 0.5) is 5.82 Å². The van der Waals surface area contributed by atoms with E-state index in [-0.39, 0.29) is 23.8 Å². The molecule has 0 amide bonds. The number of nitrogens with zero attached hydrogens (tertiary/aromatic N) is 2. The summed E-state index contributed by atoms with van der Waals surface area (Å²) in [6, 6.07) is 0. The van der Waals surface area contributed by atoms with Crippen molar-refractivity contribution >= 4 is 21.8 Å². The highest BCUT2D eigenvalue weighted by molar-refractivity contribution is 7.89. The molecule has 0 aliphatic heterocycles. The Labute approximate surface area is 105 Å². The maximum absolute atomic E-state index is 11.4. The number of carbonyl (C=O) groups is 1. The van der Waals surface area contributed by atoms with Gasteiger partial charge in [-0.25, -0.2) is 22.9 Å². The highest BCUT2D eigenvalue weighted by Crippen LogP contribution is 2.11. The van der Waals surface area contributed by atoms with Crippen LogP contribution in [0.5, 0.6) is 0 Å². The van der Waals surface area contributed by atoms with E-state index in [9.17, 15) is 13.2 Å². The van der Waals surface area contributed by atoms with Crippen LogP contribution >= 0.6 is 0 Å². The lowest BCUT2D eigenvalue weighted by Crippen LogP contribution is -2.28. The topological polar surface area (TPSA) is 116 Å². The minimum atomic E-state index is -3.33. The summed E-state index contributed by atoms with van der Waals surface area (Å²) in [4.78, 5) is 15.0. The molecule has 0 fully saturated rings. The molecule has 1 aromatic heterocycles. The van der Waals surface area contributed by atoms with Crippen LogP contribution in [0.25, 0.3) is 0 Å². The summed E-state index contributed by atoms with van der Waals surface area (Å²) < 4.78 is 31.1. The molecule has 0 aliphatic rings. The molecule has 9 heteroatoms. The molecule has 8 nitrogen and oxygen atoms in total. The van der Waals surface area contributed by atoms with E-state index >= 15 is 0 Å². The first-order valence-electron chi connectivity index (χ1n) is 5.27. The van der Waals surface area contributed by atoms with Crippen molar-refractivity contribution in [1.82, 2.24) is 14.3 Å². The average molecular weight is 276 g/mol. The fourth-order valence-corrected chi connectivity index (χ4v) is 2.36. The molecule has 18 heavy (non-hydrogen) atoms. The lowest BCUT2D eigenvalue weighted by atomic mass is 10.4. The monoisotopic (exact) mass is 276 g/mol. The Morgan fingerprint density at radius 3 is 2.83 bits per heavy atom. The molecule has 1 heterocycles. The van der Waals surface area contributed by atoms with Gasteiger partial charge in [-0.3, -0.25) is 0 Å². The number of methoxy groups -OCH3 is 1. The number of aromatic nitrogens is 2. The van der Waals surface area contributed by atoms with Crippen molar-refractivity contribution in [2.75, 3.05) is 25.1 Å². The van der Waals surface area contributed by atoms with Gasteiger partial charge in [0.1, 0.15) is 5.82 Å². The predicted octanol–water partition coefficient (Wildman–Crippen LogP) is -0.809. The van der Waals surface area contributed by atoms with E-state index in [0.717, 1.165) is 0 Å². The zero-order chi connectivity index (χ0) is 13.8. The fourth-order valence-electron chi connectivity index (χ4n) is 1.33. The Hall–Kier alpha value is -1.61. The molecular weight excluding hydrogens is 260 g/mol. The smallest absolute Gasteiger partial charge is 0.360 e. The van der Waals surface area contributed by atoms with Crippen molar-refractivity contribution in [2.45, 2.75) is 13.5 Å². The highest BCUT2D eigenvalue weighted by atomic mass is 32.2. The number of nitrogen functional groups attached to an aromatic ring is 1. The van der Waals surface area contributed by atoms with E-state index < -0.39 is 16.0 Å². The van der Waals surface area contributed by atoms with Gasteiger partial charge in [0, 0.05) is 13.1 Å². The van der Waals surface area contributed by atoms with Crippen LogP contribution in [-0.2, 0) is 21.3 Å². The average Bonchev–Trinajstić information content (AvgIpc) is 2.67. The summed E-state index contributed by atoms with van der Waals surface area (Å²) >= 11 is 0. The summed E-state index contributed by atoms with van der Waals surface area (Å²) in [5, 5.41) is 0. The SMILES string of the molecule is CCNS(=O)(=O)CCn1cnc(C(=O)OC)c1N. The number of anilines is 1. The first-order chi connectivity index (χ1) is 8.41. The molecule has 1 rings (SSSR count). The number of rotatable bonds is 6. The molecule has 3 N–H and O–H groups in total. The number of imidazole rings is 1. The standard InChI is InChI=1S/C9H16N4O4S/c1-3-12-18(15,16)5-4-13-6-11-7(8(13)10)9(14)17-2/h6,12H,3-5,10H2,1-2H3. The van der Waals surface area contributed by atoms with E-state index in [4.69, 9.17) is 5.73 Å². The summed E-state index contributed by atoms with van der Waals surface area (Å²) in [6.45, 7) is 2.14. The van der Waals surface area contributed by atoms with Gasteiger partial charge < -0.3 is 15.0 Å². The Kier molecular flexibility index (Phi) is 4.68. The molecule has 0 radical (unpaired) electrons. The molecule has 0 saturated heterocycles. The zero-order valence-corrected chi connectivity index (χ0v) is 11.0. The van der Waals surface area contributed by atoms with E-state index in [1.807, 2.05) is 0 Å². The maximum atomic E-state index is 11.4. The minimum absolute atomic E-state index is 0.0154. The Morgan fingerprint density at radius 2 is 2.28 bits per heavy atom. The second kappa shape index (κ2) is 5.83.